The highest BCUT2D eigenvalue weighted by Crippen LogP contribution is 2.72. The molecule has 0 aromatic carbocycles. The highest BCUT2D eigenvalue weighted by atomic mass is 16.3. The first-order valence-corrected chi connectivity index (χ1v) is 6.83. The molecule has 0 aromatic rings. The van der Waals surface area contributed by atoms with E-state index in [4.69, 9.17) is 0 Å². The van der Waals surface area contributed by atoms with Crippen molar-refractivity contribution in [1.82, 2.24) is 0 Å². The van der Waals surface area contributed by atoms with E-state index in [2.05, 4.69) is 27.4 Å². The van der Waals surface area contributed by atoms with Gasteiger partial charge in [-0.15, -0.1) is 0 Å². The van der Waals surface area contributed by atoms with Crippen LogP contribution in [0.1, 0.15) is 40.0 Å². The average molecular weight is 220 g/mol. The van der Waals surface area contributed by atoms with E-state index in [0.717, 1.165) is 35.7 Å². The van der Waals surface area contributed by atoms with Gasteiger partial charge in [-0.1, -0.05) is 27.4 Å². The zero-order valence-electron chi connectivity index (χ0n) is 10.7. The molecule has 6 atom stereocenters. The second-order valence-corrected chi connectivity index (χ2v) is 6.94. The third kappa shape index (κ3) is 1.06. The van der Waals surface area contributed by atoms with Crippen LogP contribution in [0, 0.1) is 35.0 Å². The summed E-state index contributed by atoms with van der Waals surface area (Å²) in [6.45, 7) is 11.3. The van der Waals surface area contributed by atoms with Gasteiger partial charge in [-0.25, -0.2) is 0 Å². The van der Waals surface area contributed by atoms with Gasteiger partial charge in [0.25, 0.3) is 0 Å². The lowest BCUT2D eigenvalue weighted by molar-refractivity contribution is -0.211. The molecule has 1 nitrogen and oxygen atoms in total. The molecule has 0 radical (unpaired) electrons. The van der Waals surface area contributed by atoms with E-state index < -0.39 is 0 Å². The summed E-state index contributed by atoms with van der Waals surface area (Å²) in [6, 6.07) is 0. The van der Waals surface area contributed by atoms with Crippen LogP contribution in [0.5, 0.6) is 0 Å². The van der Waals surface area contributed by atoms with Gasteiger partial charge in [0.1, 0.15) is 0 Å². The third-order valence-corrected chi connectivity index (χ3v) is 6.08. The second-order valence-electron chi connectivity index (χ2n) is 6.94. The Labute approximate surface area is 98.9 Å². The van der Waals surface area contributed by atoms with Crippen molar-refractivity contribution in [2.45, 2.75) is 46.1 Å². The Hall–Kier alpha value is -0.300. The molecule has 16 heavy (non-hydrogen) atoms. The summed E-state index contributed by atoms with van der Waals surface area (Å²) in [6.07, 6.45) is 3.53. The Balaban J connectivity index is 1.93. The number of hydrogen-bond acceptors (Lipinski definition) is 1. The SMILES string of the molecule is C=C1[C@H](O)C[C@H]2[C@H]3[C@H](C(C)C)CC[C@@]2(C)[C@@H]13. The smallest absolute Gasteiger partial charge is 0.0753 e. The van der Waals surface area contributed by atoms with Gasteiger partial charge >= 0.3 is 0 Å². The van der Waals surface area contributed by atoms with Crippen LogP contribution >= 0.6 is 0 Å². The van der Waals surface area contributed by atoms with Gasteiger partial charge in [0.15, 0.2) is 0 Å². The molecule has 4 bridgehead atoms. The van der Waals surface area contributed by atoms with E-state index in [0.29, 0.717) is 11.3 Å². The predicted molar refractivity (Wildman–Crippen MR) is 65.9 cm³/mol. The molecule has 0 unspecified atom stereocenters. The van der Waals surface area contributed by atoms with Crippen molar-refractivity contribution >= 4 is 0 Å². The van der Waals surface area contributed by atoms with Gasteiger partial charge in [0.2, 0.25) is 0 Å². The lowest BCUT2D eigenvalue weighted by Crippen LogP contribution is -2.67. The van der Waals surface area contributed by atoms with Crippen LogP contribution in [-0.2, 0) is 0 Å². The maximum Gasteiger partial charge on any atom is 0.0753 e. The van der Waals surface area contributed by atoms with Gasteiger partial charge in [0.05, 0.1) is 6.10 Å². The number of rotatable bonds is 1. The molecule has 1 heteroatoms. The summed E-state index contributed by atoms with van der Waals surface area (Å²) in [5.41, 5.74) is 1.65. The van der Waals surface area contributed by atoms with Gasteiger partial charge in [0, 0.05) is 0 Å². The first kappa shape index (κ1) is 10.8. The Morgan fingerprint density at radius 2 is 2.12 bits per heavy atom. The van der Waals surface area contributed by atoms with Crippen molar-refractivity contribution < 1.29 is 5.11 Å². The van der Waals surface area contributed by atoms with Crippen molar-refractivity contribution in [3.8, 4) is 0 Å². The Morgan fingerprint density at radius 3 is 2.69 bits per heavy atom. The lowest BCUT2D eigenvalue weighted by atomic mass is 9.33. The monoisotopic (exact) mass is 220 g/mol. The minimum absolute atomic E-state index is 0.203. The predicted octanol–water partition coefficient (Wildman–Crippen LogP) is 3.24. The van der Waals surface area contributed by atoms with Crippen molar-refractivity contribution in [1.29, 1.82) is 0 Å². The fourth-order valence-corrected chi connectivity index (χ4v) is 5.25. The Morgan fingerprint density at radius 1 is 1.44 bits per heavy atom. The summed E-state index contributed by atoms with van der Waals surface area (Å²) >= 11 is 0. The van der Waals surface area contributed by atoms with Crippen LogP contribution in [-0.4, -0.2) is 11.2 Å². The summed E-state index contributed by atoms with van der Waals surface area (Å²) < 4.78 is 0. The zero-order chi connectivity index (χ0) is 11.7. The van der Waals surface area contributed by atoms with Crippen LogP contribution in [0.2, 0.25) is 0 Å². The molecule has 0 aromatic heterocycles. The normalized spacial score (nSPS) is 55.1. The minimum atomic E-state index is -0.203. The number of fused-ring (bicyclic) bond motifs is 2. The quantitative estimate of drug-likeness (QED) is 0.673. The zero-order valence-corrected chi connectivity index (χ0v) is 10.7. The number of aliphatic hydroxyl groups excluding tert-OH is 1. The van der Waals surface area contributed by atoms with Crippen LogP contribution < -0.4 is 0 Å². The first-order chi connectivity index (χ1) is 7.47. The maximum absolute atomic E-state index is 9.97. The van der Waals surface area contributed by atoms with Crippen LogP contribution in [0.15, 0.2) is 12.2 Å². The molecule has 0 amide bonds. The molecule has 0 spiro atoms. The van der Waals surface area contributed by atoms with E-state index in [1.807, 2.05) is 0 Å². The molecule has 4 rings (SSSR count). The molecule has 4 aliphatic rings. The highest BCUT2D eigenvalue weighted by Gasteiger charge is 2.67. The van der Waals surface area contributed by atoms with Crippen LogP contribution in [0.25, 0.3) is 0 Å². The standard InChI is InChI=1S/C15H24O/c1-8(2)10-5-6-15(4)11-7-12(16)9(3)14(15)13(10)11/h8,10-14,16H,3,5-7H2,1-2,4H3/t10-,11-,12+,13+,14-,15+/m0/s1. The molecular formula is C15H24O. The van der Waals surface area contributed by atoms with E-state index in [9.17, 15) is 5.11 Å². The topological polar surface area (TPSA) is 20.2 Å². The van der Waals surface area contributed by atoms with E-state index in [1.54, 1.807) is 0 Å². The molecular weight excluding hydrogens is 196 g/mol. The van der Waals surface area contributed by atoms with Crippen LogP contribution in [0.4, 0.5) is 0 Å². The molecule has 0 heterocycles. The largest absolute Gasteiger partial charge is 0.389 e. The second kappa shape index (κ2) is 3.13. The van der Waals surface area contributed by atoms with Gasteiger partial charge in [-0.05, 0) is 59.8 Å². The average Bonchev–Trinajstić information content (AvgIpc) is 2.22. The summed E-state index contributed by atoms with van der Waals surface area (Å²) in [7, 11) is 0. The highest BCUT2D eigenvalue weighted by molar-refractivity contribution is 5.29. The number of hydrogen-bond donors (Lipinski definition) is 1. The maximum atomic E-state index is 9.97. The van der Waals surface area contributed by atoms with E-state index >= 15 is 0 Å². The lowest BCUT2D eigenvalue weighted by Gasteiger charge is -2.71. The fraction of sp³-hybridized carbons (Fsp3) is 0.867. The molecule has 4 fully saturated rings. The van der Waals surface area contributed by atoms with Crippen molar-refractivity contribution in [2.75, 3.05) is 0 Å². The molecule has 0 saturated heterocycles. The summed E-state index contributed by atoms with van der Waals surface area (Å²) in [5, 5.41) is 9.97. The Kier molecular flexibility index (Phi) is 2.12. The fourth-order valence-electron chi connectivity index (χ4n) is 5.25. The molecule has 0 aliphatic heterocycles. The van der Waals surface area contributed by atoms with Crippen molar-refractivity contribution in [2.24, 2.45) is 35.0 Å². The van der Waals surface area contributed by atoms with E-state index in [1.165, 1.54) is 12.8 Å². The first-order valence-electron chi connectivity index (χ1n) is 6.83. The summed E-state index contributed by atoms with van der Waals surface area (Å²) in [5.74, 6) is 3.92. The van der Waals surface area contributed by atoms with E-state index in [-0.39, 0.29) is 6.10 Å². The third-order valence-electron chi connectivity index (χ3n) is 6.08. The Bertz CT molecular complexity index is 332. The minimum Gasteiger partial charge on any atom is -0.389 e. The van der Waals surface area contributed by atoms with Gasteiger partial charge in [-0.2, -0.15) is 0 Å². The van der Waals surface area contributed by atoms with Gasteiger partial charge in [-0.3, -0.25) is 0 Å². The summed E-state index contributed by atoms with van der Waals surface area (Å²) in [4.78, 5) is 0. The molecule has 1 N–H and O–H groups in total. The van der Waals surface area contributed by atoms with Gasteiger partial charge < -0.3 is 5.11 Å². The molecule has 4 aliphatic carbocycles. The van der Waals surface area contributed by atoms with Crippen molar-refractivity contribution in [3.05, 3.63) is 12.2 Å². The van der Waals surface area contributed by atoms with Crippen LogP contribution in [0.3, 0.4) is 0 Å². The number of aliphatic hydroxyl groups is 1. The molecule has 4 saturated carbocycles. The van der Waals surface area contributed by atoms with Crippen molar-refractivity contribution in [3.63, 3.8) is 0 Å². The molecule has 90 valence electrons.